The lowest BCUT2D eigenvalue weighted by atomic mass is 9.80. The summed E-state index contributed by atoms with van der Waals surface area (Å²) >= 11 is 0. The molecule has 110 valence electrons. The third kappa shape index (κ3) is 2.34. The van der Waals surface area contributed by atoms with Crippen LogP contribution in [0.4, 0.5) is 0 Å². The molecule has 0 radical (unpaired) electrons. The summed E-state index contributed by atoms with van der Waals surface area (Å²) in [7, 11) is 0. The first-order valence-electron chi connectivity index (χ1n) is 8.23. The van der Waals surface area contributed by atoms with Crippen LogP contribution in [-0.4, -0.2) is 48.3 Å². The fraction of sp³-hybridized carbons (Fsp3) is 1.00. The van der Waals surface area contributed by atoms with Crippen LogP contribution in [0, 0.1) is 5.92 Å². The summed E-state index contributed by atoms with van der Waals surface area (Å²) in [6.45, 7) is 11.4. The van der Waals surface area contributed by atoms with Crippen LogP contribution in [0.15, 0.2) is 0 Å². The van der Waals surface area contributed by atoms with E-state index >= 15 is 0 Å². The molecule has 3 rings (SSSR count). The summed E-state index contributed by atoms with van der Waals surface area (Å²) < 4.78 is 5.67. The number of hydrogen-bond donors (Lipinski definition) is 1. The van der Waals surface area contributed by atoms with Crippen LogP contribution in [0.25, 0.3) is 0 Å². The molecular weight excluding hydrogens is 236 g/mol. The van der Waals surface area contributed by atoms with Crippen LogP contribution in [-0.2, 0) is 4.74 Å². The lowest BCUT2D eigenvalue weighted by molar-refractivity contribution is -0.0359. The molecule has 0 aromatic heterocycles. The first-order valence-corrected chi connectivity index (χ1v) is 8.23. The Kier molecular flexibility index (Phi) is 3.65. The molecule has 3 heteroatoms. The maximum atomic E-state index is 5.67. The van der Waals surface area contributed by atoms with Crippen LogP contribution < -0.4 is 5.32 Å². The van der Waals surface area contributed by atoms with Gasteiger partial charge in [0, 0.05) is 36.8 Å². The van der Waals surface area contributed by atoms with Crippen LogP contribution >= 0.6 is 0 Å². The Labute approximate surface area is 118 Å². The van der Waals surface area contributed by atoms with Gasteiger partial charge in [0.1, 0.15) is 0 Å². The van der Waals surface area contributed by atoms with Gasteiger partial charge in [0.2, 0.25) is 0 Å². The number of ether oxygens (including phenoxy) is 1. The van der Waals surface area contributed by atoms with Crippen molar-refractivity contribution in [1.29, 1.82) is 0 Å². The summed E-state index contributed by atoms with van der Waals surface area (Å²) in [6.07, 6.45) is 6.55. The van der Waals surface area contributed by atoms with E-state index in [1.807, 2.05) is 0 Å². The molecule has 2 saturated heterocycles. The predicted octanol–water partition coefficient (Wildman–Crippen LogP) is 2.41. The van der Waals surface area contributed by atoms with Crippen molar-refractivity contribution in [3.8, 4) is 0 Å². The number of rotatable bonds is 4. The molecule has 2 unspecified atom stereocenters. The van der Waals surface area contributed by atoms with Gasteiger partial charge in [-0.1, -0.05) is 13.8 Å². The topological polar surface area (TPSA) is 24.5 Å². The molecular formula is C16H30N2O. The zero-order chi connectivity index (χ0) is 13.5. The van der Waals surface area contributed by atoms with Crippen molar-refractivity contribution in [2.75, 3.05) is 26.3 Å². The summed E-state index contributed by atoms with van der Waals surface area (Å²) in [5.41, 5.74) is 0.698. The van der Waals surface area contributed by atoms with Crippen LogP contribution in [0.2, 0.25) is 0 Å². The van der Waals surface area contributed by atoms with Gasteiger partial charge in [0.05, 0.1) is 6.61 Å². The number of hydrogen-bond acceptors (Lipinski definition) is 3. The second kappa shape index (κ2) is 5.01. The van der Waals surface area contributed by atoms with Crippen molar-refractivity contribution in [2.45, 2.75) is 70.0 Å². The molecule has 3 fully saturated rings. The summed E-state index contributed by atoms with van der Waals surface area (Å²) in [5, 5.41) is 3.92. The number of nitrogens with zero attached hydrogens (tertiary/aromatic N) is 1. The van der Waals surface area contributed by atoms with E-state index in [0.29, 0.717) is 17.1 Å². The smallest absolute Gasteiger partial charge is 0.0622 e. The number of piperazine rings is 1. The molecule has 3 aliphatic rings. The Morgan fingerprint density at radius 2 is 1.95 bits per heavy atom. The van der Waals surface area contributed by atoms with Crippen molar-refractivity contribution >= 4 is 0 Å². The van der Waals surface area contributed by atoms with E-state index in [2.05, 4.69) is 31.0 Å². The quantitative estimate of drug-likeness (QED) is 0.845. The van der Waals surface area contributed by atoms with E-state index in [4.69, 9.17) is 4.74 Å². The van der Waals surface area contributed by atoms with E-state index in [0.717, 1.165) is 25.7 Å². The van der Waals surface area contributed by atoms with Crippen molar-refractivity contribution in [3.05, 3.63) is 0 Å². The minimum absolute atomic E-state index is 0.344. The van der Waals surface area contributed by atoms with Gasteiger partial charge in [-0.25, -0.2) is 0 Å². The second-order valence-corrected chi connectivity index (χ2v) is 7.12. The molecule has 2 atom stereocenters. The van der Waals surface area contributed by atoms with Gasteiger partial charge in [0.15, 0.2) is 0 Å². The highest BCUT2D eigenvalue weighted by atomic mass is 16.5. The van der Waals surface area contributed by atoms with Crippen LogP contribution in [0.1, 0.15) is 52.9 Å². The maximum Gasteiger partial charge on any atom is 0.0622 e. The van der Waals surface area contributed by atoms with Gasteiger partial charge in [0.25, 0.3) is 0 Å². The van der Waals surface area contributed by atoms with E-state index in [1.54, 1.807) is 0 Å². The van der Waals surface area contributed by atoms with Crippen molar-refractivity contribution in [1.82, 2.24) is 10.2 Å². The highest BCUT2D eigenvalue weighted by Gasteiger charge is 2.51. The van der Waals surface area contributed by atoms with E-state index in [1.165, 1.54) is 38.6 Å². The molecule has 0 aromatic rings. The minimum atomic E-state index is 0.344. The van der Waals surface area contributed by atoms with Gasteiger partial charge in [-0.15, -0.1) is 0 Å². The monoisotopic (exact) mass is 266 g/mol. The van der Waals surface area contributed by atoms with E-state index in [-0.39, 0.29) is 0 Å². The van der Waals surface area contributed by atoms with E-state index < -0.39 is 0 Å². The summed E-state index contributed by atoms with van der Waals surface area (Å²) in [6, 6.07) is 0.653. The maximum absolute atomic E-state index is 5.67. The Balaban J connectivity index is 1.82. The number of nitrogens with one attached hydrogen (secondary N) is 1. The highest BCUT2D eigenvalue weighted by molar-refractivity contribution is 5.09. The molecule has 0 amide bonds. The average molecular weight is 266 g/mol. The Hall–Kier alpha value is -0.120. The molecule has 1 N–H and O–H groups in total. The fourth-order valence-electron chi connectivity index (χ4n) is 4.23. The third-order valence-corrected chi connectivity index (χ3v) is 6.07. The minimum Gasteiger partial charge on any atom is -0.380 e. The molecule has 19 heavy (non-hydrogen) atoms. The van der Waals surface area contributed by atoms with Crippen LogP contribution in [0.3, 0.4) is 0 Å². The average Bonchev–Trinajstić information content (AvgIpc) is 3.16. The molecule has 0 spiro atoms. The van der Waals surface area contributed by atoms with Gasteiger partial charge in [-0.3, -0.25) is 4.90 Å². The SMILES string of the molecule is CCC1(CC)CNC(C)(C2CC2)CN1C1CCOC1. The van der Waals surface area contributed by atoms with Crippen LogP contribution in [0.5, 0.6) is 0 Å². The van der Waals surface area contributed by atoms with Gasteiger partial charge in [-0.2, -0.15) is 0 Å². The second-order valence-electron chi connectivity index (χ2n) is 7.12. The Morgan fingerprint density at radius 1 is 1.21 bits per heavy atom. The van der Waals surface area contributed by atoms with Crippen molar-refractivity contribution in [2.24, 2.45) is 5.92 Å². The summed E-state index contributed by atoms with van der Waals surface area (Å²) in [5.74, 6) is 0.907. The highest BCUT2D eigenvalue weighted by Crippen LogP contribution is 2.44. The van der Waals surface area contributed by atoms with Gasteiger partial charge < -0.3 is 10.1 Å². The van der Waals surface area contributed by atoms with Gasteiger partial charge >= 0.3 is 0 Å². The lowest BCUT2D eigenvalue weighted by Crippen LogP contribution is -2.71. The molecule has 2 heterocycles. The molecule has 2 aliphatic heterocycles. The lowest BCUT2D eigenvalue weighted by Gasteiger charge is -2.56. The fourth-order valence-corrected chi connectivity index (χ4v) is 4.23. The van der Waals surface area contributed by atoms with E-state index in [9.17, 15) is 0 Å². The Bertz CT molecular complexity index is 319. The third-order valence-electron chi connectivity index (χ3n) is 6.07. The zero-order valence-electron chi connectivity index (χ0n) is 12.9. The molecule has 0 aromatic carbocycles. The Morgan fingerprint density at radius 3 is 2.47 bits per heavy atom. The first-order chi connectivity index (χ1) is 9.13. The van der Waals surface area contributed by atoms with Crippen molar-refractivity contribution in [3.63, 3.8) is 0 Å². The van der Waals surface area contributed by atoms with Crippen molar-refractivity contribution < 1.29 is 4.74 Å². The largest absolute Gasteiger partial charge is 0.380 e. The molecule has 3 nitrogen and oxygen atoms in total. The zero-order valence-corrected chi connectivity index (χ0v) is 12.9. The predicted molar refractivity (Wildman–Crippen MR) is 78.4 cm³/mol. The summed E-state index contributed by atoms with van der Waals surface area (Å²) in [4.78, 5) is 2.83. The molecule has 1 saturated carbocycles. The molecule has 0 bridgehead atoms. The molecule has 1 aliphatic carbocycles. The van der Waals surface area contributed by atoms with Gasteiger partial charge in [-0.05, 0) is 44.9 Å². The normalized spacial score (nSPS) is 39.6. The standard InChI is InChI=1S/C16H30N2O/c1-4-16(5-2)11-17-15(3,13-6-7-13)12-18(16)14-8-9-19-10-14/h13-14,17H,4-12H2,1-3H3. The first kappa shape index (κ1) is 13.8.